The number of nitrogens with zero attached hydrogens (tertiary/aromatic N) is 1. The zero-order valence-corrected chi connectivity index (χ0v) is 27.0. The minimum atomic E-state index is -0.206. The molecular weight excluding hydrogens is 545 g/mol. The summed E-state index contributed by atoms with van der Waals surface area (Å²) in [7, 11) is 0. The molecule has 0 aliphatic heterocycles. The van der Waals surface area contributed by atoms with E-state index in [1.54, 1.807) is 0 Å². The first-order valence-electron chi connectivity index (χ1n) is 16.8. The van der Waals surface area contributed by atoms with Crippen LogP contribution in [0.15, 0.2) is 83.5 Å². The predicted octanol–water partition coefficient (Wildman–Crippen LogP) is 9.85. The monoisotopic (exact) mass is 595 g/mol. The van der Waals surface area contributed by atoms with Crippen molar-refractivity contribution >= 4 is 17.2 Å². The molecule has 3 aromatic rings. The molecule has 6 heteroatoms. The van der Waals surface area contributed by atoms with Crippen molar-refractivity contribution in [2.24, 2.45) is 0 Å². The summed E-state index contributed by atoms with van der Waals surface area (Å²) in [6.07, 6.45) is 11.8. The fourth-order valence-corrected chi connectivity index (χ4v) is 5.75. The Kier molecular flexibility index (Phi) is 11.0. The summed E-state index contributed by atoms with van der Waals surface area (Å²) in [6, 6.07) is 18.1. The second kappa shape index (κ2) is 15.3. The molecule has 234 valence electrons. The van der Waals surface area contributed by atoms with Crippen LogP contribution >= 0.6 is 0 Å². The molecule has 0 radical (unpaired) electrons. The third kappa shape index (κ3) is 8.87. The molecule has 1 aromatic heterocycles. The highest BCUT2D eigenvalue weighted by Gasteiger charge is 2.20. The van der Waals surface area contributed by atoms with Crippen LogP contribution < -0.4 is 21.3 Å². The summed E-state index contributed by atoms with van der Waals surface area (Å²) in [5.74, 6) is 2.76. The number of hydrogen-bond acceptors (Lipinski definition) is 5. The van der Waals surface area contributed by atoms with Crippen molar-refractivity contribution < 1.29 is 4.39 Å². The van der Waals surface area contributed by atoms with E-state index in [2.05, 4.69) is 84.3 Å². The number of benzene rings is 2. The first-order valence-corrected chi connectivity index (χ1v) is 16.8. The van der Waals surface area contributed by atoms with Gasteiger partial charge in [-0.2, -0.15) is 0 Å². The second-order valence-corrected chi connectivity index (χ2v) is 12.4. The molecule has 44 heavy (non-hydrogen) atoms. The molecule has 1 heterocycles. The van der Waals surface area contributed by atoms with E-state index in [9.17, 15) is 4.39 Å². The molecule has 5 rings (SSSR count). The van der Waals surface area contributed by atoms with Gasteiger partial charge in [-0.15, -0.1) is 0 Å². The fourth-order valence-electron chi connectivity index (χ4n) is 5.75. The van der Waals surface area contributed by atoms with Crippen LogP contribution in [-0.2, 0) is 6.42 Å². The average Bonchev–Trinajstić information content (AvgIpc) is 3.97. The lowest BCUT2D eigenvalue weighted by atomic mass is 9.87. The summed E-state index contributed by atoms with van der Waals surface area (Å²) < 4.78 is 13.4. The van der Waals surface area contributed by atoms with Crippen LogP contribution in [-0.4, -0.2) is 18.1 Å². The van der Waals surface area contributed by atoms with E-state index in [0.717, 1.165) is 75.4 Å². The van der Waals surface area contributed by atoms with E-state index in [1.807, 2.05) is 18.3 Å². The largest absolute Gasteiger partial charge is 0.384 e. The van der Waals surface area contributed by atoms with E-state index >= 15 is 0 Å². The maximum atomic E-state index is 13.4. The van der Waals surface area contributed by atoms with Crippen LogP contribution in [0.3, 0.4) is 0 Å². The van der Waals surface area contributed by atoms with Crippen LogP contribution in [0.1, 0.15) is 108 Å². The quantitative estimate of drug-likeness (QED) is 0.125. The van der Waals surface area contributed by atoms with Crippen LogP contribution in [0.2, 0.25) is 0 Å². The summed E-state index contributed by atoms with van der Waals surface area (Å²) in [6.45, 7) is 10.9. The van der Waals surface area contributed by atoms with Crippen molar-refractivity contribution in [3.05, 3.63) is 106 Å². The van der Waals surface area contributed by atoms with Crippen molar-refractivity contribution in [2.45, 2.75) is 97.3 Å². The van der Waals surface area contributed by atoms with Crippen LogP contribution in [0.4, 0.5) is 21.6 Å². The molecule has 2 atom stereocenters. The van der Waals surface area contributed by atoms with Gasteiger partial charge in [-0.3, -0.25) is 0 Å². The molecule has 4 N–H and O–H groups in total. The third-order valence-corrected chi connectivity index (χ3v) is 8.90. The number of hydrogen-bond donors (Lipinski definition) is 4. The molecular formula is C38H50FN5. The van der Waals surface area contributed by atoms with Crippen LogP contribution in [0.5, 0.6) is 0 Å². The van der Waals surface area contributed by atoms with Gasteiger partial charge in [-0.05, 0) is 128 Å². The number of aromatic nitrogens is 1. The Morgan fingerprint density at radius 2 is 1.64 bits per heavy atom. The molecule has 0 saturated heterocycles. The normalized spacial score (nSPS) is 14.9. The molecule has 5 nitrogen and oxygen atoms in total. The lowest BCUT2D eigenvalue weighted by Gasteiger charge is -2.21. The number of nitrogens with one attached hydrogen (secondary N) is 4. The number of anilines is 3. The van der Waals surface area contributed by atoms with Crippen LogP contribution in [0.25, 0.3) is 0 Å². The Morgan fingerprint density at radius 3 is 2.32 bits per heavy atom. The van der Waals surface area contributed by atoms with Crippen LogP contribution in [0, 0.1) is 5.82 Å². The molecule has 2 aliphatic carbocycles. The van der Waals surface area contributed by atoms with Gasteiger partial charge in [0, 0.05) is 42.8 Å². The molecule has 2 aromatic carbocycles. The molecule has 2 aliphatic rings. The number of rotatable bonds is 17. The Morgan fingerprint density at radius 1 is 0.864 bits per heavy atom. The molecule has 2 fully saturated rings. The van der Waals surface area contributed by atoms with E-state index in [0.29, 0.717) is 11.8 Å². The van der Waals surface area contributed by atoms with Gasteiger partial charge in [0.05, 0.1) is 0 Å². The Hall–Kier alpha value is -3.80. The number of pyridine rings is 1. The summed E-state index contributed by atoms with van der Waals surface area (Å²) in [5.41, 5.74) is 10.5. The van der Waals surface area contributed by atoms with Crippen molar-refractivity contribution in [1.82, 2.24) is 10.3 Å². The van der Waals surface area contributed by atoms with Gasteiger partial charge in [0.2, 0.25) is 0 Å². The highest BCUT2D eigenvalue weighted by Crippen LogP contribution is 2.35. The lowest BCUT2D eigenvalue weighted by molar-refractivity contribution is 0.628. The van der Waals surface area contributed by atoms with E-state index in [1.165, 1.54) is 64.2 Å². The van der Waals surface area contributed by atoms with Gasteiger partial charge in [0.25, 0.3) is 0 Å². The Labute approximate surface area is 263 Å². The first kappa shape index (κ1) is 31.6. The van der Waals surface area contributed by atoms with E-state index < -0.39 is 0 Å². The second-order valence-electron chi connectivity index (χ2n) is 12.4. The van der Waals surface area contributed by atoms with Gasteiger partial charge >= 0.3 is 0 Å². The standard InChI is InChI=1S/C38H50FN5/c1-5-20-42-38(30-11-12-30)44-37-25-31(18-21-41-37)28(7-3)23-27-8-17-36(34(24-27)26(4)6-2)40-22-19-35(29-9-10-29)43-33-15-13-32(39)14-16-33/h8,13-18,21,24-26,28,40,42-43H,5-7,9-12,19-20,22-23H2,1-4H3,(H,41,44). The predicted molar refractivity (Wildman–Crippen MR) is 184 cm³/mol. The molecule has 0 spiro atoms. The van der Waals surface area contributed by atoms with E-state index in [-0.39, 0.29) is 5.82 Å². The Bertz CT molecular complexity index is 1450. The lowest BCUT2D eigenvalue weighted by Crippen LogP contribution is -2.21. The van der Waals surface area contributed by atoms with Crippen molar-refractivity contribution in [3.8, 4) is 0 Å². The zero-order chi connectivity index (χ0) is 30.9. The topological polar surface area (TPSA) is 61.0 Å². The van der Waals surface area contributed by atoms with Crippen molar-refractivity contribution in [2.75, 3.05) is 29.0 Å². The maximum Gasteiger partial charge on any atom is 0.131 e. The van der Waals surface area contributed by atoms with Gasteiger partial charge in [-0.1, -0.05) is 45.4 Å². The fraction of sp³-hybridized carbons (Fsp3) is 0.447. The molecule has 0 bridgehead atoms. The maximum absolute atomic E-state index is 13.4. The molecule has 2 saturated carbocycles. The van der Waals surface area contributed by atoms with Crippen molar-refractivity contribution in [1.29, 1.82) is 0 Å². The van der Waals surface area contributed by atoms with E-state index in [4.69, 9.17) is 0 Å². The minimum Gasteiger partial charge on any atom is -0.384 e. The Balaban J connectivity index is 1.24. The zero-order valence-electron chi connectivity index (χ0n) is 27.0. The van der Waals surface area contributed by atoms with Crippen molar-refractivity contribution in [3.63, 3.8) is 0 Å². The summed E-state index contributed by atoms with van der Waals surface area (Å²) >= 11 is 0. The SMILES string of the molecule is CCCNC(Nc1cc(C(CC)Cc2ccc(NCCC(Nc3ccc(F)cc3)=C3CC3)c(C(C)CC)c2)ccn1)=C1CC1. The summed E-state index contributed by atoms with van der Waals surface area (Å²) in [4.78, 5) is 4.65. The van der Waals surface area contributed by atoms with Gasteiger partial charge in [0.15, 0.2) is 0 Å². The van der Waals surface area contributed by atoms with Gasteiger partial charge in [-0.25, -0.2) is 9.37 Å². The third-order valence-electron chi connectivity index (χ3n) is 8.90. The summed E-state index contributed by atoms with van der Waals surface area (Å²) in [5, 5.41) is 14.4. The van der Waals surface area contributed by atoms with Gasteiger partial charge in [0.1, 0.15) is 17.5 Å². The number of halogens is 1. The smallest absolute Gasteiger partial charge is 0.131 e. The minimum absolute atomic E-state index is 0.206. The highest BCUT2D eigenvalue weighted by atomic mass is 19.1. The molecule has 2 unspecified atom stereocenters. The van der Waals surface area contributed by atoms with Gasteiger partial charge < -0.3 is 21.3 Å². The first-order chi connectivity index (χ1) is 21.5. The number of allylic oxidation sites excluding steroid dienone is 2. The highest BCUT2D eigenvalue weighted by molar-refractivity contribution is 5.56. The molecule has 0 amide bonds. The average molecular weight is 596 g/mol.